The molecule has 3 rings (SSSR count). The van der Waals surface area contributed by atoms with E-state index in [0.717, 1.165) is 24.5 Å². The molecule has 0 aliphatic carbocycles. The number of benzene rings is 1. The van der Waals surface area contributed by atoms with Gasteiger partial charge in [0.25, 0.3) is 5.91 Å². The van der Waals surface area contributed by atoms with Gasteiger partial charge >= 0.3 is 0 Å². The van der Waals surface area contributed by atoms with Gasteiger partial charge < -0.3 is 15.0 Å². The maximum atomic E-state index is 12.4. The van der Waals surface area contributed by atoms with E-state index in [4.69, 9.17) is 4.74 Å². The molecule has 0 radical (unpaired) electrons. The van der Waals surface area contributed by atoms with Crippen molar-refractivity contribution in [3.05, 3.63) is 47.9 Å². The quantitative estimate of drug-likeness (QED) is 0.916. The Morgan fingerprint density at radius 1 is 1.35 bits per heavy atom. The Bertz CT molecular complexity index is 690. The summed E-state index contributed by atoms with van der Waals surface area (Å²) in [7, 11) is 1.82. The number of aromatic nitrogens is 2. The minimum atomic E-state index is -0.0209. The lowest BCUT2D eigenvalue weighted by molar-refractivity contribution is -0.141. The highest BCUT2D eigenvalue weighted by Crippen LogP contribution is 2.33. The molecule has 120 valence electrons. The van der Waals surface area contributed by atoms with E-state index in [-0.39, 0.29) is 18.6 Å². The van der Waals surface area contributed by atoms with Crippen molar-refractivity contribution in [1.82, 2.24) is 14.9 Å². The molecule has 1 aliphatic rings. The smallest absolute Gasteiger partial charge is 0.261 e. The van der Waals surface area contributed by atoms with Crippen molar-refractivity contribution in [2.24, 2.45) is 0 Å². The van der Waals surface area contributed by atoms with Crippen LogP contribution in [0.1, 0.15) is 24.0 Å². The van der Waals surface area contributed by atoms with Crippen molar-refractivity contribution in [2.75, 3.05) is 25.5 Å². The number of amides is 1. The van der Waals surface area contributed by atoms with Crippen LogP contribution < -0.4 is 10.1 Å². The van der Waals surface area contributed by atoms with Gasteiger partial charge in [-0.25, -0.2) is 9.97 Å². The van der Waals surface area contributed by atoms with Crippen LogP contribution in [0, 0.1) is 6.92 Å². The second-order valence-corrected chi connectivity index (χ2v) is 5.47. The summed E-state index contributed by atoms with van der Waals surface area (Å²) in [5, 5.41) is 3.02. The molecule has 0 saturated carbocycles. The fourth-order valence-electron chi connectivity index (χ4n) is 2.63. The van der Waals surface area contributed by atoms with Crippen LogP contribution in [-0.2, 0) is 4.79 Å². The molecule has 0 bridgehead atoms. The molecule has 2 aromatic rings. The molecule has 1 aliphatic heterocycles. The minimum absolute atomic E-state index is 0.00988. The van der Waals surface area contributed by atoms with Crippen LogP contribution in [-0.4, -0.2) is 41.0 Å². The number of rotatable bonds is 5. The Morgan fingerprint density at radius 2 is 2.13 bits per heavy atom. The summed E-state index contributed by atoms with van der Waals surface area (Å²) < 4.78 is 5.54. The first-order chi connectivity index (χ1) is 11.2. The maximum absolute atomic E-state index is 12.4. The van der Waals surface area contributed by atoms with Crippen LogP contribution >= 0.6 is 0 Å². The van der Waals surface area contributed by atoms with E-state index in [1.54, 1.807) is 0 Å². The van der Waals surface area contributed by atoms with Gasteiger partial charge in [-0.05, 0) is 25.5 Å². The van der Waals surface area contributed by atoms with Gasteiger partial charge in [-0.15, -0.1) is 0 Å². The fraction of sp³-hybridized carbons (Fsp3) is 0.353. The van der Waals surface area contributed by atoms with Crippen LogP contribution in [0.2, 0.25) is 0 Å². The van der Waals surface area contributed by atoms with Gasteiger partial charge in [0.05, 0.1) is 11.7 Å². The largest absolute Gasteiger partial charge is 0.484 e. The SMILES string of the molecule is CNc1cc([C@@H]2CCN2C(=O)COc2ccccc2)nc(C)n1. The predicted molar refractivity (Wildman–Crippen MR) is 87.3 cm³/mol. The number of hydrogen-bond acceptors (Lipinski definition) is 5. The van der Waals surface area contributed by atoms with Gasteiger partial charge in [0.15, 0.2) is 6.61 Å². The predicted octanol–water partition coefficient (Wildman–Crippen LogP) is 2.18. The highest BCUT2D eigenvalue weighted by Gasteiger charge is 2.34. The molecule has 6 nitrogen and oxygen atoms in total. The Hall–Kier alpha value is -2.63. The number of nitrogens with one attached hydrogen (secondary N) is 1. The van der Waals surface area contributed by atoms with Gasteiger partial charge in [-0.2, -0.15) is 0 Å². The number of ether oxygens (including phenoxy) is 1. The van der Waals surface area contributed by atoms with Gasteiger partial charge in [0.2, 0.25) is 0 Å². The molecular weight excluding hydrogens is 292 g/mol. The average molecular weight is 312 g/mol. The molecule has 0 spiro atoms. The van der Waals surface area contributed by atoms with Crippen LogP contribution in [0.4, 0.5) is 5.82 Å². The first-order valence-electron chi connectivity index (χ1n) is 7.68. The third kappa shape index (κ3) is 3.41. The summed E-state index contributed by atoms with van der Waals surface area (Å²) >= 11 is 0. The van der Waals surface area contributed by atoms with E-state index in [1.807, 2.05) is 55.3 Å². The maximum Gasteiger partial charge on any atom is 0.261 e. The summed E-state index contributed by atoms with van der Waals surface area (Å²) in [5.74, 6) is 2.15. The standard InChI is InChI=1S/C17H20N4O2/c1-12-19-14(10-16(18-2)20-12)15-8-9-21(15)17(22)11-23-13-6-4-3-5-7-13/h3-7,10,15H,8-9,11H2,1-2H3,(H,18,19,20)/t15-/m0/s1. The molecule has 2 heterocycles. The monoisotopic (exact) mass is 312 g/mol. The van der Waals surface area contributed by atoms with Crippen molar-refractivity contribution < 1.29 is 9.53 Å². The molecule has 1 atom stereocenters. The topological polar surface area (TPSA) is 67.4 Å². The highest BCUT2D eigenvalue weighted by molar-refractivity contribution is 5.79. The molecule has 23 heavy (non-hydrogen) atoms. The van der Waals surface area contributed by atoms with Gasteiger partial charge in [-0.1, -0.05) is 18.2 Å². The molecule has 1 aromatic heterocycles. The lowest BCUT2D eigenvalue weighted by Gasteiger charge is -2.40. The van der Waals surface area contributed by atoms with Crippen LogP contribution in [0.15, 0.2) is 36.4 Å². The summed E-state index contributed by atoms with van der Waals surface area (Å²) in [5.41, 5.74) is 0.876. The van der Waals surface area contributed by atoms with E-state index in [9.17, 15) is 4.79 Å². The number of likely N-dealkylation sites (tertiary alicyclic amines) is 1. The second-order valence-electron chi connectivity index (χ2n) is 5.47. The zero-order chi connectivity index (χ0) is 16.2. The van der Waals surface area contributed by atoms with Gasteiger partial charge in [0.1, 0.15) is 17.4 Å². The fourth-order valence-corrected chi connectivity index (χ4v) is 2.63. The third-order valence-electron chi connectivity index (χ3n) is 3.90. The molecule has 1 aromatic carbocycles. The van der Waals surface area contributed by atoms with Gasteiger partial charge in [0, 0.05) is 19.7 Å². The molecule has 0 unspecified atom stereocenters. The first-order valence-corrected chi connectivity index (χ1v) is 7.68. The van der Waals surface area contributed by atoms with Crippen LogP contribution in [0.5, 0.6) is 5.75 Å². The Morgan fingerprint density at radius 3 is 2.78 bits per heavy atom. The van der Waals surface area contributed by atoms with Crippen LogP contribution in [0.3, 0.4) is 0 Å². The van der Waals surface area contributed by atoms with Crippen molar-refractivity contribution in [3.8, 4) is 5.75 Å². The third-order valence-corrected chi connectivity index (χ3v) is 3.90. The average Bonchev–Trinajstić information content (AvgIpc) is 2.52. The summed E-state index contributed by atoms with van der Waals surface area (Å²) in [6.45, 7) is 2.64. The normalized spacial score (nSPS) is 16.6. The Balaban J connectivity index is 1.65. The molecule has 1 fully saturated rings. The van der Waals surface area contributed by atoms with E-state index in [2.05, 4.69) is 15.3 Å². The zero-order valence-corrected chi connectivity index (χ0v) is 13.3. The van der Waals surface area contributed by atoms with Crippen molar-refractivity contribution in [3.63, 3.8) is 0 Å². The number of nitrogens with zero attached hydrogens (tertiary/aromatic N) is 3. The van der Waals surface area contributed by atoms with Crippen molar-refractivity contribution >= 4 is 11.7 Å². The van der Waals surface area contributed by atoms with Crippen molar-refractivity contribution in [2.45, 2.75) is 19.4 Å². The van der Waals surface area contributed by atoms with Gasteiger partial charge in [-0.3, -0.25) is 4.79 Å². The Kier molecular flexibility index (Phi) is 4.41. The number of aryl methyl sites for hydroxylation is 1. The van der Waals surface area contributed by atoms with E-state index in [1.165, 1.54) is 0 Å². The minimum Gasteiger partial charge on any atom is -0.484 e. The number of carbonyl (C=O) groups is 1. The lowest BCUT2D eigenvalue weighted by Crippen LogP contribution is -2.47. The molecule has 1 saturated heterocycles. The molecule has 1 amide bonds. The zero-order valence-electron chi connectivity index (χ0n) is 13.3. The highest BCUT2D eigenvalue weighted by atomic mass is 16.5. The Labute approximate surface area is 135 Å². The number of para-hydroxylation sites is 1. The van der Waals surface area contributed by atoms with Crippen LogP contribution in [0.25, 0.3) is 0 Å². The number of hydrogen-bond donors (Lipinski definition) is 1. The second kappa shape index (κ2) is 6.64. The van der Waals surface area contributed by atoms with E-state index >= 15 is 0 Å². The lowest BCUT2D eigenvalue weighted by atomic mass is 9.99. The molecule has 1 N–H and O–H groups in total. The summed E-state index contributed by atoms with van der Waals surface area (Å²) in [4.78, 5) is 22.9. The number of anilines is 1. The molecule has 6 heteroatoms. The first kappa shape index (κ1) is 15.3. The summed E-state index contributed by atoms with van der Waals surface area (Å²) in [6.07, 6.45) is 0.913. The number of carbonyl (C=O) groups excluding carboxylic acids is 1. The summed E-state index contributed by atoms with van der Waals surface area (Å²) in [6, 6.07) is 11.3. The van der Waals surface area contributed by atoms with E-state index in [0.29, 0.717) is 11.6 Å². The molecular formula is C17H20N4O2. The van der Waals surface area contributed by atoms with E-state index < -0.39 is 0 Å². The van der Waals surface area contributed by atoms with Crippen molar-refractivity contribution in [1.29, 1.82) is 0 Å².